The quantitative estimate of drug-likeness (QED) is 0.818. The van der Waals surface area contributed by atoms with Gasteiger partial charge in [0.05, 0.1) is 5.56 Å². The number of H-pyrrole nitrogens is 1. The van der Waals surface area contributed by atoms with Gasteiger partial charge in [-0.05, 0) is 31.2 Å². The molecule has 0 aliphatic carbocycles. The lowest BCUT2D eigenvalue weighted by molar-refractivity contribution is 0.0696. The van der Waals surface area contributed by atoms with Gasteiger partial charge in [0, 0.05) is 11.3 Å². The average Bonchev–Trinajstić information content (AvgIpc) is 2.26. The number of aromatic nitrogens is 2. The number of nitrogens with one attached hydrogen (secondary N) is 1. The Balaban J connectivity index is 2.63. The van der Waals surface area contributed by atoms with Crippen molar-refractivity contribution in [3.63, 3.8) is 0 Å². The zero-order valence-corrected chi connectivity index (χ0v) is 10.2. The number of carboxylic acid groups (broad SMARTS) is 1. The van der Waals surface area contributed by atoms with E-state index in [1.807, 2.05) is 0 Å². The fourth-order valence-electron chi connectivity index (χ4n) is 1.60. The van der Waals surface area contributed by atoms with Gasteiger partial charge in [-0.2, -0.15) is 0 Å². The molecule has 2 rings (SSSR count). The molecule has 1 aromatic heterocycles. The van der Waals surface area contributed by atoms with Crippen LogP contribution in [0.1, 0.15) is 16.2 Å². The molecule has 92 valence electrons. The maximum atomic E-state index is 13.4. The largest absolute Gasteiger partial charge is 0.478 e. The summed E-state index contributed by atoms with van der Waals surface area (Å²) < 4.78 is 13.7. The van der Waals surface area contributed by atoms with E-state index in [0.29, 0.717) is 21.7 Å². The van der Waals surface area contributed by atoms with Crippen molar-refractivity contribution in [3.05, 3.63) is 46.1 Å². The van der Waals surface area contributed by atoms with Crippen LogP contribution in [0.4, 0.5) is 4.39 Å². The fourth-order valence-corrected chi connectivity index (χ4v) is 1.86. The maximum absolute atomic E-state index is 13.4. The predicted molar refractivity (Wildman–Crippen MR) is 66.5 cm³/mol. The van der Waals surface area contributed by atoms with Crippen LogP contribution in [0, 0.1) is 17.4 Å². The molecule has 6 heteroatoms. The van der Waals surface area contributed by atoms with Crippen molar-refractivity contribution in [2.45, 2.75) is 6.92 Å². The number of aryl methyl sites for hydroxylation is 1. The number of hydrogen-bond acceptors (Lipinski definition) is 3. The normalized spacial score (nSPS) is 10.3. The van der Waals surface area contributed by atoms with Crippen LogP contribution < -0.4 is 0 Å². The molecule has 1 aromatic carbocycles. The number of nitrogens with zero attached hydrogens (tertiary/aromatic N) is 1. The topological polar surface area (TPSA) is 66.0 Å². The smallest absolute Gasteiger partial charge is 0.335 e. The first-order valence-corrected chi connectivity index (χ1v) is 5.49. The van der Waals surface area contributed by atoms with E-state index in [0.717, 1.165) is 6.07 Å². The molecule has 0 unspecified atom stereocenters. The van der Waals surface area contributed by atoms with E-state index >= 15 is 0 Å². The van der Waals surface area contributed by atoms with E-state index in [9.17, 15) is 9.18 Å². The Hall–Kier alpha value is -2.08. The van der Waals surface area contributed by atoms with Crippen LogP contribution in [0.2, 0.25) is 0 Å². The van der Waals surface area contributed by atoms with Gasteiger partial charge in [0.15, 0.2) is 0 Å². The first-order chi connectivity index (χ1) is 8.45. The summed E-state index contributed by atoms with van der Waals surface area (Å²) in [4.78, 5) is 17.8. The van der Waals surface area contributed by atoms with Crippen LogP contribution in [0.15, 0.2) is 24.3 Å². The predicted octanol–water partition coefficient (Wildman–Crippen LogP) is 2.95. The van der Waals surface area contributed by atoms with Gasteiger partial charge in [0.1, 0.15) is 16.3 Å². The Kier molecular flexibility index (Phi) is 3.20. The second-order valence-electron chi connectivity index (χ2n) is 3.75. The molecule has 0 fully saturated rings. The molecule has 18 heavy (non-hydrogen) atoms. The number of halogens is 1. The summed E-state index contributed by atoms with van der Waals surface area (Å²) in [7, 11) is 0. The average molecular weight is 264 g/mol. The molecule has 0 saturated heterocycles. The van der Waals surface area contributed by atoms with Crippen LogP contribution >= 0.6 is 12.2 Å². The molecule has 0 radical (unpaired) electrons. The lowest BCUT2D eigenvalue weighted by Gasteiger charge is -2.05. The van der Waals surface area contributed by atoms with E-state index in [1.54, 1.807) is 13.0 Å². The zero-order valence-electron chi connectivity index (χ0n) is 9.40. The first kappa shape index (κ1) is 12.4. The molecule has 2 N–H and O–H groups in total. The van der Waals surface area contributed by atoms with Gasteiger partial charge in [-0.15, -0.1) is 0 Å². The molecule has 0 spiro atoms. The first-order valence-electron chi connectivity index (χ1n) is 5.08. The van der Waals surface area contributed by atoms with Crippen molar-refractivity contribution < 1.29 is 14.3 Å². The number of benzene rings is 1. The maximum Gasteiger partial charge on any atom is 0.335 e. The molecule has 2 aromatic rings. The second kappa shape index (κ2) is 4.66. The number of aromatic carboxylic acids is 1. The molecule has 0 amide bonds. The molecule has 0 bridgehead atoms. The molecular weight excluding hydrogens is 255 g/mol. The number of carboxylic acids is 1. The van der Waals surface area contributed by atoms with E-state index < -0.39 is 11.8 Å². The molecule has 0 aliphatic rings. The van der Waals surface area contributed by atoms with Gasteiger partial charge < -0.3 is 10.1 Å². The van der Waals surface area contributed by atoms with Gasteiger partial charge in [0.2, 0.25) is 0 Å². The van der Waals surface area contributed by atoms with E-state index in [2.05, 4.69) is 9.97 Å². The van der Waals surface area contributed by atoms with Gasteiger partial charge >= 0.3 is 5.97 Å². The highest BCUT2D eigenvalue weighted by Crippen LogP contribution is 2.20. The number of carbonyl (C=O) groups is 1. The minimum Gasteiger partial charge on any atom is -0.478 e. The summed E-state index contributed by atoms with van der Waals surface area (Å²) in [5.74, 6) is -1.21. The summed E-state index contributed by atoms with van der Waals surface area (Å²) >= 11 is 4.96. The van der Waals surface area contributed by atoms with Crippen molar-refractivity contribution >= 4 is 18.2 Å². The van der Waals surface area contributed by atoms with Gasteiger partial charge in [-0.25, -0.2) is 14.2 Å². The lowest BCUT2D eigenvalue weighted by atomic mass is 10.1. The van der Waals surface area contributed by atoms with Gasteiger partial charge in [-0.1, -0.05) is 12.2 Å². The van der Waals surface area contributed by atoms with Crippen LogP contribution in [-0.2, 0) is 0 Å². The van der Waals surface area contributed by atoms with Crippen molar-refractivity contribution in [2.75, 3.05) is 0 Å². The van der Waals surface area contributed by atoms with Crippen molar-refractivity contribution in [1.82, 2.24) is 9.97 Å². The molecule has 0 atom stereocenters. The molecule has 4 nitrogen and oxygen atoms in total. The Morgan fingerprint density at radius 3 is 2.72 bits per heavy atom. The summed E-state index contributed by atoms with van der Waals surface area (Å²) in [6.45, 7) is 1.72. The molecule has 0 saturated carbocycles. The SMILES string of the molecule is Cc1nc(=S)cc(-c2cc(F)cc(C(=O)O)c2)[nH]1. The Bertz CT molecular complexity index is 682. The number of rotatable bonds is 2. The third-order valence-electron chi connectivity index (χ3n) is 2.32. The minimum absolute atomic E-state index is 0.112. The fraction of sp³-hybridized carbons (Fsp3) is 0.0833. The third kappa shape index (κ3) is 2.60. The Morgan fingerprint density at radius 1 is 1.39 bits per heavy atom. The number of aromatic amines is 1. The Labute approximate surface area is 107 Å². The molecule has 0 aliphatic heterocycles. The van der Waals surface area contributed by atoms with Gasteiger partial charge in [-0.3, -0.25) is 0 Å². The van der Waals surface area contributed by atoms with Crippen LogP contribution in [0.5, 0.6) is 0 Å². The Morgan fingerprint density at radius 2 is 2.11 bits per heavy atom. The molecular formula is C12H9FN2O2S. The highest BCUT2D eigenvalue weighted by molar-refractivity contribution is 7.71. The van der Waals surface area contributed by atoms with Crippen molar-refractivity contribution in [3.8, 4) is 11.3 Å². The zero-order chi connectivity index (χ0) is 13.3. The monoisotopic (exact) mass is 264 g/mol. The molecule has 1 heterocycles. The van der Waals surface area contributed by atoms with Crippen LogP contribution in [-0.4, -0.2) is 21.0 Å². The second-order valence-corrected chi connectivity index (χ2v) is 4.17. The summed E-state index contributed by atoms with van der Waals surface area (Å²) in [6.07, 6.45) is 0. The lowest BCUT2D eigenvalue weighted by Crippen LogP contribution is -1.99. The van der Waals surface area contributed by atoms with Crippen molar-refractivity contribution in [2.24, 2.45) is 0 Å². The summed E-state index contributed by atoms with van der Waals surface area (Å²) in [5, 5.41) is 8.88. The van der Waals surface area contributed by atoms with E-state index in [-0.39, 0.29) is 5.56 Å². The standard InChI is InChI=1S/C12H9FN2O2S/c1-6-14-10(5-11(18)15-6)7-2-8(12(16)17)4-9(13)3-7/h2-5H,1H3,(H,16,17)(H,14,15,18). The third-order valence-corrected chi connectivity index (χ3v) is 2.53. The van der Waals surface area contributed by atoms with E-state index in [1.165, 1.54) is 12.1 Å². The van der Waals surface area contributed by atoms with Crippen LogP contribution in [0.25, 0.3) is 11.3 Å². The van der Waals surface area contributed by atoms with Crippen LogP contribution in [0.3, 0.4) is 0 Å². The number of hydrogen-bond donors (Lipinski definition) is 2. The summed E-state index contributed by atoms with van der Waals surface area (Å²) in [5.41, 5.74) is 0.845. The minimum atomic E-state index is -1.18. The van der Waals surface area contributed by atoms with Gasteiger partial charge in [0.25, 0.3) is 0 Å². The van der Waals surface area contributed by atoms with E-state index in [4.69, 9.17) is 17.3 Å². The summed E-state index contributed by atoms with van der Waals surface area (Å²) in [6, 6.07) is 5.15. The van der Waals surface area contributed by atoms with Crippen molar-refractivity contribution in [1.29, 1.82) is 0 Å². The highest BCUT2D eigenvalue weighted by atomic mass is 32.1. The highest BCUT2D eigenvalue weighted by Gasteiger charge is 2.09.